The topological polar surface area (TPSA) is 46.6 Å². The molecule has 1 saturated heterocycles. The van der Waals surface area contributed by atoms with Crippen molar-refractivity contribution in [3.63, 3.8) is 0 Å². The molecule has 1 heterocycles. The normalized spacial score (nSPS) is 16.4. The van der Waals surface area contributed by atoms with Crippen LogP contribution in [0, 0.1) is 5.82 Å². The van der Waals surface area contributed by atoms with E-state index in [9.17, 15) is 14.0 Å². The van der Waals surface area contributed by atoms with Gasteiger partial charge in [0.2, 0.25) is 0 Å². The maximum Gasteiger partial charge on any atom is 0.293 e. The fourth-order valence-corrected chi connectivity index (χ4v) is 4.38. The predicted molar refractivity (Wildman–Crippen MR) is 122 cm³/mol. The molecule has 158 valence electrons. The maximum atomic E-state index is 13.2. The summed E-state index contributed by atoms with van der Waals surface area (Å²) in [6, 6.07) is 17.6. The molecule has 0 radical (unpaired) electrons. The summed E-state index contributed by atoms with van der Waals surface area (Å²) < 4.78 is 19.2. The Morgan fingerprint density at radius 1 is 1.06 bits per heavy atom. The molecule has 0 unspecified atom stereocenters. The zero-order valence-electron chi connectivity index (χ0n) is 17.3. The van der Waals surface area contributed by atoms with Gasteiger partial charge in [-0.15, -0.1) is 0 Å². The Morgan fingerprint density at radius 2 is 1.81 bits per heavy atom. The first-order chi connectivity index (χ1) is 15.0. The van der Waals surface area contributed by atoms with Gasteiger partial charge in [0.25, 0.3) is 11.1 Å². The van der Waals surface area contributed by atoms with Crippen molar-refractivity contribution in [2.24, 2.45) is 0 Å². The lowest BCUT2D eigenvalue weighted by Crippen LogP contribution is -2.36. The minimum absolute atomic E-state index is 0.153. The van der Waals surface area contributed by atoms with Crippen molar-refractivity contribution in [1.82, 2.24) is 4.90 Å². The van der Waals surface area contributed by atoms with E-state index in [1.165, 1.54) is 17.0 Å². The smallest absolute Gasteiger partial charge is 0.293 e. The number of nitrogens with zero attached hydrogens (tertiary/aromatic N) is 1. The monoisotopic (exact) mass is 435 g/mol. The Balaban J connectivity index is 1.72. The van der Waals surface area contributed by atoms with Gasteiger partial charge in [-0.2, -0.15) is 0 Å². The van der Waals surface area contributed by atoms with Gasteiger partial charge in [0.15, 0.2) is 0 Å². The first kappa shape index (κ1) is 21.1. The van der Waals surface area contributed by atoms with Gasteiger partial charge in [0.05, 0.1) is 4.91 Å². The van der Waals surface area contributed by atoms with Gasteiger partial charge in [0.1, 0.15) is 18.2 Å². The molecule has 4 nitrogen and oxygen atoms in total. The minimum atomic E-state index is -0.299. The van der Waals surface area contributed by atoms with Crippen LogP contribution in [0.2, 0.25) is 0 Å². The van der Waals surface area contributed by atoms with E-state index in [0.717, 1.165) is 33.7 Å². The number of carbonyl (C=O) groups excluding carboxylic acids is 2. The molecule has 1 aliphatic rings. The Morgan fingerprint density at radius 3 is 2.55 bits per heavy atom. The van der Waals surface area contributed by atoms with Crippen LogP contribution in [0.5, 0.6) is 5.75 Å². The molecule has 0 aliphatic carbocycles. The SMILES string of the molecule is CC[C@H](C)N1C(=O)S/C(=C/c2c(OCc3ccc(F)cc3)ccc3ccccc23)C1=O. The molecule has 4 rings (SSSR count). The molecule has 1 aliphatic heterocycles. The molecule has 3 aromatic rings. The summed E-state index contributed by atoms with van der Waals surface area (Å²) in [6.45, 7) is 4.08. The number of fused-ring (bicyclic) bond motifs is 1. The van der Waals surface area contributed by atoms with Gasteiger partial charge in [-0.05, 0) is 65.7 Å². The fraction of sp³-hybridized carbons (Fsp3) is 0.200. The summed E-state index contributed by atoms with van der Waals surface area (Å²) in [7, 11) is 0. The second kappa shape index (κ2) is 8.94. The summed E-state index contributed by atoms with van der Waals surface area (Å²) in [6.07, 6.45) is 2.45. The van der Waals surface area contributed by atoms with Gasteiger partial charge in [0, 0.05) is 11.6 Å². The maximum absolute atomic E-state index is 13.2. The van der Waals surface area contributed by atoms with Crippen LogP contribution in [0.1, 0.15) is 31.4 Å². The van der Waals surface area contributed by atoms with Crippen LogP contribution in [-0.4, -0.2) is 22.1 Å². The number of benzene rings is 3. The summed E-state index contributed by atoms with van der Waals surface area (Å²) in [5.41, 5.74) is 1.58. The Bertz CT molecular complexity index is 1170. The van der Waals surface area contributed by atoms with Crippen LogP contribution in [0.3, 0.4) is 0 Å². The molecule has 3 aromatic carbocycles. The van der Waals surface area contributed by atoms with Crippen LogP contribution in [0.4, 0.5) is 9.18 Å². The van der Waals surface area contributed by atoms with Crippen molar-refractivity contribution in [3.8, 4) is 5.75 Å². The van der Waals surface area contributed by atoms with E-state index >= 15 is 0 Å². The van der Waals surface area contributed by atoms with Crippen molar-refractivity contribution >= 4 is 39.8 Å². The zero-order chi connectivity index (χ0) is 22.0. The number of carbonyl (C=O) groups is 2. The van der Waals surface area contributed by atoms with E-state index < -0.39 is 0 Å². The van der Waals surface area contributed by atoms with Gasteiger partial charge >= 0.3 is 0 Å². The average molecular weight is 436 g/mol. The van der Waals surface area contributed by atoms with Gasteiger partial charge in [-0.25, -0.2) is 4.39 Å². The van der Waals surface area contributed by atoms with E-state index in [4.69, 9.17) is 4.74 Å². The molecular formula is C25H22FNO3S. The Kier molecular flexibility index (Phi) is 6.09. The molecule has 0 N–H and O–H groups in total. The molecule has 6 heteroatoms. The summed E-state index contributed by atoms with van der Waals surface area (Å²) in [4.78, 5) is 27.1. The molecular weight excluding hydrogens is 413 g/mol. The standard InChI is InChI=1S/C25H22FNO3S/c1-3-16(2)27-24(28)23(31-25(27)29)14-21-20-7-5-4-6-18(20)10-13-22(21)30-15-17-8-11-19(26)12-9-17/h4-14,16H,3,15H2,1-2H3/b23-14+/t16-/m0/s1. The van der Waals surface area contributed by atoms with Crippen LogP contribution >= 0.6 is 11.8 Å². The number of rotatable bonds is 6. The lowest BCUT2D eigenvalue weighted by molar-refractivity contribution is -0.124. The zero-order valence-corrected chi connectivity index (χ0v) is 18.1. The van der Waals surface area contributed by atoms with E-state index in [0.29, 0.717) is 17.1 Å². The van der Waals surface area contributed by atoms with Gasteiger partial charge in [-0.1, -0.05) is 49.4 Å². The van der Waals surface area contributed by atoms with Crippen molar-refractivity contribution < 1.29 is 18.7 Å². The largest absolute Gasteiger partial charge is 0.488 e. The number of hydrogen-bond donors (Lipinski definition) is 0. The number of imide groups is 1. The number of halogens is 1. The van der Waals surface area contributed by atoms with Crippen LogP contribution in [0.15, 0.2) is 65.6 Å². The van der Waals surface area contributed by atoms with Crippen LogP contribution in [-0.2, 0) is 11.4 Å². The highest BCUT2D eigenvalue weighted by molar-refractivity contribution is 8.18. The minimum Gasteiger partial charge on any atom is -0.488 e. The Hall–Kier alpha value is -3.12. The van der Waals surface area contributed by atoms with Crippen LogP contribution < -0.4 is 4.74 Å². The number of ether oxygens (including phenoxy) is 1. The van der Waals surface area contributed by atoms with E-state index in [1.54, 1.807) is 18.2 Å². The quantitative estimate of drug-likeness (QED) is 0.421. The van der Waals surface area contributed by atoms with E-state index in [-0.39, 0.29) is 29.6 Å². The molecule has 31 heavy (non-hydrogen) atoms. The Labute approximate surface area is 184 Å². The molecule has 1 atom stereocenters. The number of hydrogen-bond acceptors (Lipinski definition) is 4. The molecule has 0 saturated carbocycles. The second-order valence-electron chi connectivity index (χ2n) is 7.42. The lowest BCUT2D eigenvalue weighted by atomic mass is 10.0. The summed E-state index contributed by atoms with van der Waals surface area (Å²) >= 11 is 0.955. The van der Waals surface area contributed by atoms with Crippen molar-refractivity contribution in [2.75, 3.05) is 0 Å². The van der Waals surface area contributed by atoms with Gasteiger partial charge in [-0.3, -0.25) is 14.5 Å². The third-order valence-electron chi connectivity index (χ3n) is 5.37. The summed E-state index contributed by atoms with van der Waals surface area (Å²) in [5, 5.41) is 1.68. The molecule has 0 spiro atoms. The number of thioether (sulfide) groups is 1. The third kappa shape index (κ3) is 4.35. The summed E-state index contributed by atoms with van der Waals surface area (Å²) in [5.74, 6) is 0.0207. The van der Waals surface area contributed by atoms with Crippen molar-refractivity contribution in [1.29, 1.82) is 0 Å². The predicted octanol–water partition coefficient (Wildman–Crippen LogP) is 6.39. The molecule has 1 fully saturated rings. The third-order valence-corrected chi connectivity index (χ3v) is 6.25. The lowest BCUT2D eigenvalue weighted by Gasteiger charge is -2.19. The fourth-order valence-electron chi connectivity index (χ4n) is 3.47. The highest BCUT2D eigenvalue weighted by atomic mass is 32.2. The number of amides is 2. The van der Waals surface area contributed by atoms with Crippen molar-refractivity contribution in [2.45, 2.75) is 32.9 Å². The van der Waals surface area contributed by atoms with Crippen molar-refractivity contribution in [3.05, 3.63) is 82.5 Å². The second-order valence-corrected chi connectivity index (χ2v) is 8.42. The van der Waals surface area contributed by atoms with Gasteiger partial charge < -0.3 is 4.74 Å². The first-order valence-corrected chi connectivity index (χ1v) is 11.0. The van der Waals surface area contributed by atoms with E-state index in [2.05, 4.69) is 0 Å². The van der Waals surface area contributed by atoms with Crippen LogP contribution in [0.25, 0.3) is 16.8 Å². The molecule has 0 aromatic heterocycles. The average Bonchev–Trinajstić information content (AvgIpc) is 3.06. The van der Waals surface area contributed by atoms with E-state index in [1.807, 2.05) is 50.2 Å². The first-order valence-electron chi connectivity index (χ1n) is 10.1. The highest BCUT2D eigenvalue weighted by Gasteiger charge is 2.37. The highest BCUT2D eigenvalue weighted by Crippen LogP contribution is 2.38. The molecule has 2 amide bonds. The molecule has 0 bridgehead atoms.